The first kappa shape index (κ1) is 10.1. The molecule has 4 nitrogen and oxygen atoms in total. The highest BCUT2D eigenvalue weighted by molar-refractivity contribution is 5.86. The standard InChI is InChI=1S/C8H13FN2O2/c1-11-4-6(9)2-7(11)3-8(13)10-5-12/h5-7H,2-4H2,1H3,(H,10,12,13). The van der Waals surface area contributed by atoms with Gasteiger partial charge in [0, 0.05) is 19.0 Å². The summed E-state index contributed by atoms with van der Waals surface area (Å²) in [5.41, 5.74) is 0. The van der Waals surface area contributed by atoms with Crippen LogP contribution in [-0.4, -0.2) is 43.0 Å². The number of amides is 2. The van der Waals surface area contributed by atoms with E-state index in [1.807, 2.05) is 5.32 Å². The maximum absolute atomic E-state index is 12.8. The monoisotopic (exact) mass is 188 g/mol. The summed E-state index contributed by atoms with van der Waals surface area (Å²) in [7, 11) is 1.78. The van der Waals surface area contributed by atoms with Gasteiger partial charge < -0.3 is 0 Å². The summed E-state index contributed by atoms with van der Waals surface area (Å²) in [5, 5.41) is 2.04. The largest absolute Gasteiger partial charge is 0.300 e. The van der Waals surface area contributed by atoms with Gasteiger partial charge in [0.1, 0.15) is 6.17 Å². The van der Waals surface area contributed by atoms with Crippen LogP contribution in [0.2, 0.25) is 0 Å². The maximum Gasteiger partial charge on any atom is 0.227 e. The molecule has 2 atom stereocenters. The molecule has 1 aliphatic rings. The second-order valence-electron chi connectivity index (χ2n) is 3.32. The molecule has 0 aromatic rings. The summed E-state index contributed by atoms with van der Waals surface area (Å²) in [5.74, 6) is -0.346. The molecule has 0 aromatic carbocycles. The SMILES string of the molecule is CN1CC(F)CC1CC(=O)NC=O. The van der Waals surface area contributed by atoms with Crippen LogP contribution in [0, 0.1) is 0 Å². The number of likely N-dealkylation sites (tertiary alicyclic amines) is 1. The Kier molecular flexibility index (Phi) is 3.36. The molecular formula is C8H13FN2O2. The second-order valence-corrected chi connectivity index (χ2v) is 3.32. The maximum atomic E-state index is 12.8. The van der Waals surface area contributed by atoms with E-state index in [4.69, 9.17) is 0 Å². The summed E-state index contributed by atoms with van der Waals surface area (Å²) < 4.78 is 12.8. The molecule has 0 saturated carbocycles. The molecule has 1 aliphatic heterocycles. The van der Waals surface area contributed by atoms with Crippen LogP contribution in [-0.2, 0) is 9.59 Å². The van der Waals surface area contributed by atoms with Crippen molar-refractivity contribution < 1.29 is 14.0 Å². The van der Waals surface area contributed by atoms with Gasteiger partial charge in [-0.3, -0.25) is 19.8 Å². The molecule has 0 aromatic heterocycles. The molecule has 1 fully saturated rings. The average Bonchev–Trinajstić information content (AvgIpc) is 2.30. The van der Waals surface area contributed by atoms with Gasteiger partial charge in [0.25, 0.3) is 0 Å². The number of halogens is 1. The minimum absolute atomic E-state index is 0.0741. The van der Waals surface area contributed by atoms with Gasteiger partial charge in [-0.05, 0) is 13.5 Å². The third kappa shape index (κ3) is 2.77. The Morgan fingerprint density at radius 2 is 2.46 bits per heavy atom. The predicted molar refractivity (Wildman–Crippen MR) is 44.8 cm³/mol. The van der Waals surface area contributed by atoms with E-state index in [9.17, 15) is 14.0 Å². The Morgan fingerprint density at radius 1 is 1.77 bits per heavy atom. The van der Waals surface area contributed by atoms with Crippen LogP contribution >= 0.6 is 0 Å². The van der Waals surface area contributed by atoms with Crippen LogP contribution < -0.4 is 5.32 Å². The molecule has 0 aliphatic carbocycles. The molecule has 1 heterocycles. The zero-order valence-corrected chi connectivity index (χ0v) is 7.50. The van der Waals surface area contributed by atoms with Gasteiger partial charge in [-0.15, -0.1) is 0 Å². The lowest BCUT2D eigenvalue weighted by Gasteiger charge is -2.16. The molecule has 74 valence electrons. The van der Waals surface area contributed by atoms with Crippen LogP contribution in [0.5, 0.6) is 0 Å². The van der Waals surface area contributed by atoms with Crippen molar-refractivity contribution in [3.63, 3.8) is 0 Å². The fraction of sp³-hybridized carbons (Fsp3) is 0.750. The number of alkyl halides is 1. The van der Waals surface area contributed by atoms with Crippen LogP contribution in [0.25, 0.3) is 0 Å². The predicted octanol–water partition coefficient (Wildman–Crippen LogP) is -0.309. The fourth-order valence-electron chi connectivity index (χ4n) is 1.59. The lowest BCUT2D eigenvalue weighted by molar-refractivity contribution is -0.125. The van der Waals surface area contributed by atoms with E-state index in [1.54, 1.807) is 11.9 Å². The van der Waals surface area contributed by atoms with Crippen molar-refractivity contribution in [2.24, 2.45) is 0 Å². The molecule has 2 amide bonds. The molecule has 0 spiro atoms. The number of nitrogens with one attached hydrogen (secondary N) is 1. The van der Waals surface area contributed by atoms with Crippen molar-refractivity contribution in [1.82, 2.24) is 10.2 Å². The Labute approximate surface area is 76.1 Å². The highest BCUT2D eigenvalue weighted by atomic mass is 19.1. The fourth-order valence-corrected chi connectivity index (χ4v) is 1.59. The third-order valence-corrected chi connectivity index (χ3v) is 2.28. The van der Waals surface area contributed by atoms with Crippen molar-refractivity contribution in [3.8, 4) is 0 Å². The highest BCUT2D eigenvalue weighted by Gasteiger charge is 2.30. The molecule has 0 bridgehead atoms. The van der Waals surface area contributed by atoms with Gasteiger partial charge in [0.2, 0.25) is 12.3 Å². The number of carbonyl (C=O) groups is 2. The van der Waals surface area contributed by atoms with E-state index in [0.29, 0.717) is 19.4 Å². The lowest BCUT2D eigenvalue weighted by Crippen LogP contribution is -2.32. The Bertz CT molecular complexity index is 210. The Hall–Kier alpha value is -0.970. The highest BCUT2D eigenvalue weighted by Crippen LogP contribution is 2.20. The summed E-state index contributed by atoms with van der Waals surface area (Å²) in [6.07, 6.45) is 0.0712. The number of nitrogens with zero attached hydrogens (tertiary/aromatic N) is 1. The third-order valence-electron chi connectivity index (χ3n) is 2.28. The van der Waals surface area contributed by atoms with Crippen molar-refractivity contribution in [2.45, 2.75) is 25.1 Å². The smallest absolute Gasteiger partial charge is 0.227 e. The first-order chi connectivity index (χ1) is 6.13. The molecule has 1 rings (SSSR count). The first-order valence-electron chi connectivity index (χ1n) is 4.20. The van der Waals surface area contributed by atoms with Crippen molar-refractivity contribution in [2.75, 3.05) is 13.6 Å². The van der Waals surface area contributed by atoms with E-state index in [2.05, 4.69) is 0 Å². The van der Waals surface area contributed by atoms with Gasteiger partial charge in [0.15, 0.2) is 0 Å². The average molecular weight is 188 g/mol. The molecule has 0 radical (unpaired) electrons. The van der Waals surface area contributed by atoms with Crippen LogP contribution in [0.3, 0.4) is 0 Å². The summed E-state index contributed by atoms with van der Waals surface area (Å²) in [6.45, 7) is 0.374. The van der Waals surface area contributed by atoms with Gasteiger partial charge >= 0.3 is 0 Å². The zero-order valence-electron chi connectivity index (χ0n) is 7.50. The minimum atomic E-state index is -0.848. The number of carbonyl (C=O) groups excluding carboxylic acids is 2. The summed E-state index contributed by atoms with van der Waals surface area (Å²) in [4.78, 5) is 22.7. The van der Waals surface area contributed by atoms with Crippen molar-refractivity contribution >= 4 is 12.3 Å². The quantitative estimate of drug-likeness (QED) is 0.618. The normalized spacial score (nSPS) is 28.8. The van der Waals surface area contributed by atoms with E-state index >= 15 is 0 Å². The Morgan fingerprint density at radius 3 is 2.92 bits per heavy atom. The zero-order chi connectivity index (χ0) is 9.84. The van der Waals surface area contributed by atoms with Crippen LogP contribution in [0.1, 0.15) is 12.8 Å². The van der Waals surface area contributed by atoms with E-state index < -0.39 is 6.17 Å². The molecule has 1 N–H and O–H groups in total. The summed E-state index contributed by atoms with van der Waals surface area (Å²) >= 11 is 0. The van der Waals surface area contributed by atoms with Gasteiger partial charge in [-0.2, -0.15) is 0 Å². The second kappa shape index (κ2) is 4.32. The number of imide groups is 1. The topological polar surface area (TPSA) is 49.4 Å². The van der Waals surface area contributed by atoms with E-state index in [1.165, 1.54) is 0 Å². The van der Waals surface area contributed by atoms with Crippen molar-refractivity contribution in [1.29, 1.82) is 0 Å². The Balaban J connectivity index is 2.36. The van der Waals surface area contributed by atoms with Crippen LogP contribution in [0.15, 0.2) is 0 Å². The van der Waals surface area contributed by atoms with Crippen molar-refractivity contribution in [3.05, 3.63) is 0 Å². The van der Waals surface area contributed by atoms with Crippen LogP contribution in [0.4, 0.5) is 4.39 Å². The van der Waals surface area contributed by atoms with E-state index in [-0.39, 0.29) is 18.4 Å². The van der Waals surface area contributed by atoms with Gasteiger partial charge in [-0.1, -0.05) is 0 Å². The summed E-state index contributed by atoms with van der Waals surface area (Å²) in [6, 6.07) is -0.0741. The van der Waals surface area contributed by atoms with Gasteiger partial charge in [0.05, 0.1) is 0 Å². The number of rotatable bonds is 3. The minimum Gasteiger partial charge on any atom is -0.300 e. The molecule has 5 heteroatoms. The number of hydrogen-bond acceptors (Lipinski definition) is 3. The lowest BCUT2D eigenvalue weighted by atomic mass is 10.1. The van der Waals surface area contributed by atoms with E-state index in [0.717, 1.165) is 0 Å². The molecule has 13 heavy (non-hydrogen) atoms. The molecule has 1 saturated heterocycles. The first-order valence-corrected chi connectivity index (χ1v) is 4.20. The van der Waals surface area contributed by atoms with Gasteiger partial charge in [-0.25, -0.2) is 4.39 Å². The number of hydrogen-bond donors (Lipinski definition) is 1. The molecular weight excluding hydrogens is 175 g/mol. The molecule has 2 unspecified atom stereocenters.